The molecule has 0 aliphatic carbocycles. The molecular formula is C17H23N5O. The van der Waals surface area contributed by atoms with Crippen LogP contribution in [0.1, 0.15) is 44.9 Å². The van der Waals surface area contributed by atoms with E-state index in [-0.39, 0.29) is 11.8 Å². The Hall–Kier alpha value is -2.21. The van der Waals surface area contributed by atoms with Crippen LogP contribution in [0.3, 0.4) is 0 Å². The van der Waals surface area contributed by atoms with Crippen LogP contribution in [0.4, 0.5) is 5.69 Å². The first-order chi connectivity index (χ1) is 11.1. The van der Waals surface area contributed by atoms with E-state index < -0.39 is 0 Å². The molecule has 6 heteroatoms. The second kappa shape index (κ2) is 6.91. The average molecular weight is 313 g/mol. The number of nitrogens with one attached hydrogen (secondary N) is 3. The van der Waals surface area contributed by atoms with Gasteiger partial charge < -0.3 is 10.6 Å². The van der Waals surface area contributed by atoms with Crippen molar-refractivity contribution in [3.63, 3.8) is 0 Å². The Morgan fingerprint density at radius 2 is 2.22 bits per heavy atom. The van der Waals surface area contributed by atoms with Gasteiger partial charge in [-0.3, -0.25) is 9.89 Å². The zero-order valence-electron chi connectivity index (χ0n) is 13.6. The third-order valence-corrected chi connectivity index (χ3v) is 4.09. The Morgan fingerprint density at radius 1 is 1.39 bits per heavy atom. The van der Waals surface area contributed by atoms with Crippen molar-refractivity contribution in [2.24, 2.45) is 0 Å². The number of amides is 1. The highest BCUT2D eigenvalue weighted by Crippen LogP contribution is 2.26. The van der Waals surface area contributed by atoms with Crippen LogP contribution in [-0.4, -0.2) is 33.7 Å². The number of H-pyrrole nitrogens is 1. The largest absolute Gasteiger partial charge is 0.325 e. The summed E-state index contributed by atoms with van der Waals surface area (Å²) in [6, 6.07) is 7.94. The van der Waals surface area contributed by atoms with Gasteiger partial charge in [-0.25, -0.2) is 4.98 Å². The Labute approximate surface area is 136 Å². The molecule has 1 aliphatic rings. The summed E-state index contributed by atoms with van der Waals surface area (Å²) in [6.07, 6.45) is 2.71. The number of anilines is 1. The van der Waals surface area contributed by atoms with E-state index in [2.05, 4.69) is 39.7 Å². The van der Waals surface area contributed by atoms with Gasteiger partial charge in [0.2, 0.25) is 5.91 Å². The predicted molar refractivity (Wildman–Crippen MR) is 90.2 cm³/mol. The number of para-hydroxylation sites is 1. The number of hydrogen-bond acceptors (Lipinski definition) is 4. The zero-order chi connectivity index (χ0) is 16.2. The number of rotatable bonds is 5. The minimum absolute atomic E-state index is 0.0245. The second-order valence-electron chi connectivity index (χ2n) is 6.29. The van der Waals surface area contributed by atoms with Crippen LogP contribution in [0, 0.1) is 0 Å². The van der Waals surface area contributed by atoms with Gasteiger partial charge in [-0.1, -0.05) is 26.0 Å². The van der Waals surface area contributed by atoms with Crippen LogP contribution in [0.15, 0.2) is 24.3 Å². The number of hydrogen-bond donors (Lipinski definition) is 3. The van der Waals surface area contributed by atoms with E-state index in [1.165, 1.54) is 0 Å². The third-order valence-electron chi connectivity index (χ3n) is 4.09. The molecule has 6 nitrogen and oxygen atoms in total. The summed E-state index contributed by atoms with van der Waals surface area (Å²) in [5.41, 5.74) is 1.59. The number of nitrogens with zero attached hydrogens (tertiary/aromatic N) is 2. The van der Waals surface area contributed by atoms with Crippen molar-refractivity contribution in [1.29, 1.82) is 0 Å². The number of carbonyl (C=O) groups is 1. The van der Waals surface area contributed by atoms with Gasteiger partial charge in [-0.2, -0.15) is 5.10 Å². The summed E-state index contributed by atoms with van der Waals surface area (Å²) < 4.78 is 0. The van der Waals surface area contributed by atoms with Crippen molar-refractivity contribution < 1.29 is 4.79 Å². The highest BCUT2D eigenvalue weighted by atomic mass is 16.1. The molecule has 1 atom stereocenters. The van der Waals surface area contributed by atoms with Gasteiger partial charge in [0.1, 0.15) is 5.82 Å². The fourth-order valence-electron chi connectivity index (χ4n) is 2.80. The second-order valence-corrected chi connectivity index (χ2v) is 6.29. The molecule has 23 heavy (non-hydrogen) atoms. The van der Waals surface area contributed by atoms with Gasteiger partial charge in [-0.15, -0.1) is 0 Å². The molecular weight excluding hydrogens is 290 g/mol. The van der Waals surface area contributed by atoms with E-state index in [4.69, 9.17) is 0 Å². The monoisotopic (exact) mass is 313 g/mol. The molecule has 3 N–H and O–H groups in total. The molecule has 1 aromatic carbocycles. The van der Waals surface area contributed by atoms with Crippen molar-refractivity contribution in [2.45, 2.75) is 45.1 Å². The molecule has 1 saturated heterocycles. The van der Waals surface area contributed by atoms with Gasteiger partial charge in [0.15, 0.2) is 5.82 Å². The molecule has 0 bridgehead atoms. The first kappa shape index (κ1) is 15.7. The number of carbonyl (C=O) groups excluding carboxylic acids is 1. The van der Waals surface area contributed by atoms with E-state index in [9.17, 15) is 4.79 Å². The lowest BCUT2D eigenvalue weighted by molar-refractivity contribution is -0.116. The third kappa shape index (κ3) is 3.76. The maximum absolute atomic E-state index is 12.3. The Balaban J connectivity index is 1.75. The van der Waals surface area contributed by atoms with Crippen LogP contribution in [0.25, 0.3) is 11.4 Å². The van der Waals surface area contributed by atoms with E-state index in [0.29, 0.717) is 18.3 Å². The van der Waals surface area contributed by atoms with Crippen molar-refractivity contribution in [1.82, 2.24) is 20.5 Å². The quantitative estimate of drug-likeness (QED) is 0.792. The van der Waals surface area contributed by atoms with Crippen LogP contribution < -0.4 is 10.6 Å². The van der Waals surface area contributed by atoms with Gasteiger partial charge in [0.05, 0.1) is 5.69 Å². The highest BCUT2D eigenvalue weighted by Gasteiger charge is 2.19. The van der Waals surface area contributed by atoms with Crippen molar-refractivity contribution in [3.05, 3.63) is 30.1 Å². The smallest absolute Gasteiger partial charge is 0.225 e. The van der Waals surface area contributed by atoms with Crippen molar-refractivity contribution in [3.8, 4) is 11.4 Å². The lowest BCUT2D eigenvalue weighted by atomic mass is 10.1. The Morgan fingerprint density at radius 3 is 2.91 bits per heavy atom. The van der Waals surface area contributed by atoms with Crippen LogP contribution >= 0.6 is 0 Å². The lowest BCUT2D eigenvalue weighted by Gasteiger charge is -2.12. The van der Waals surface area contributed by atoms with Gasteiger partial charge in [0.25, 0.3) is 0 Å². The molecule has 1 fully saturated rings. The maximum atomic E-state index is 12.3. The minimum atomic E-state index is 0.0245. The molecule has 2 heterocycles. The van der Waals surface area contributed by atoms with Gasteiger partial charge in [-0.05, 0) is 31.5 Å². The highest BCUT2D eigenvalue weighted by molar-refractivity contribution is 5.95. The number of aromatic amines is 1. The molecule has 2 aromatic rings. The molecule has 1 amide bonds. The summed E-state index contributed by atoms with van der Waals surface area (Å²) in [4.78, 5) is 16.8. The topological polar surface area (TPSA) is 82.7 Å². The standard InChI is InChI=1S/C17H23N5O/c1-11(2)16-20-17(22-21-16)13-7-3-4-8-14(13)19-15(23)10-12-6-5-9-18-12/h3-4,7-8,11-12,18H,5-6,9-10H2,1-2H3,(H,19,23)(H,20,21,22). The van der Waals surface area contributed by atoms with E-state index in [0.717, 1.165) is 36.5 Å². The lowest BCUT2D eigenvalue weighted by Crippen LogP contribution is -2.27. The first-order valence-electron chi connectivity index (χ1n) is 8.18. The number of benzene rings is 1. The van der Waals surface area contributed by atoms with E-state index >= 15 is 0 Å². The average Bonchev–Trinajstić information content (AvgIpc) is 3.19. The molecule has 0 radical (unpaired) electrons. The SMILES string of the molecule is CC(C)c1nc(-c2ccccc2NC(=O)CC2CCCN2)n[nH]1. The fraction of sp³-hybridized carbons (Fsp3) is 0.471. The predicted octanol–water partition coefficient (Wildman–Crippen LogP) is 2.68. The van der Waals surface area contributed by atoms with Crippen molar-refractivity contribution in [2.75, 3.05) is 11.9 Å². The van der Waals surface area contributed by atoms with Gasteiger partial charge in [0, 0.05) is 23.9 Å². The summed E-state index contributed by atoms with van der Waals surface area (Å²) >= 11 is 0. The zero-order valence-corrected chi connectivity index (χ0v) is 13.6. The molecule has 122 valence electrons. The van der Waals surface area contributed by atoms with Crippen LogP contribution in [0.5, 0.6) is 0 Å². The number of aromatic nitrogens is 3. The van der Waals surface area contributed by atoms with E-state index in [1.807, 2.05) is 24.3 Å². The van der Waals surface area contributed by atoms with E-state index in [1.54, 1.807) is 0 Å². The van der Waals surface area contributed by atoms with Crippen molar-refractivity contribution >= 4 is 11.6 Å². The molecule has 1 aromatic heterocycles. The molecule has 1 unspecified atom stereocenters. The normalized spacial score (nSPS) is 17.6. The molecule has 0 spiro atoms. The Bertz CT molecular complexity index is 673. The van der Waals surface area contributed by atoms with Crippen LogP contribution in [0.2, 0.25) is 0 Å². The summed E-state index contributed by atoms with van der Waals surface area (Å²) in [7, 11) is 0. The summed E-state index contributed by atoms with van der Waals surface area (Å²) in [5, 5.41) is 13.6. The first-order valence-corrected chi connectivity index (χ1v) is 8.18. The fourth-order valence-corrected chi connectivity index (χ4v) is 2.80. The molecule has 3 rings (SSSR count). The molecule has 1 aliphatic heterocycles. The van der Waals surface area contributed by atoms with Gasteiger partial charge >= 0.3 is 0 Å². The Kier molecular flexibility index (Phi) is 4.71. The summed E-state index contributed by atoms with van der Waals surface area (Å²) in [6.45, 7) is 5.13. The maximum Gasteiger partial charge on any atom is 0.225 e. The molecule has 0 saturated carbocycles. The summed E-state index contributed by atoms with van der Waals surface area (Å²) in [5.74, 6) is 1.77. The van der Waals surface area contributed by atoms with Crippen LogP contribution in [-0.2, 0) is 4.79 Å². The minimum Gasteiger partial charge on any atom is -0.325 e.